The predicted molar refractivity (Wildman–Crippen MR) is 109 cm³/mol. The minimum absolute atomic E-state index is 0. The lowest BCUT2D eigenvalue weighted by atomic mass is 9.95. The maximum atomic E-state index is 12.8. The Morgan fingerprint density at radius 3 is 2.26 bits per heavy atom. The number of hydrogen-bond acceptors (Lipinski definition) is 5. The maximum Gasteiger partial charge on any atom is 0.251 e. The zero-order valence-electron chi connectivity index (χ0n) is 16.1. The van der Waals surface area contributed by atoms with Gasteiger partial charge in [0.2, 0.25) is 5.91 Å². The van der Waals surface area contributed by atoms with E-state index in [2.05, 4.69) is 16.0 Å². The molecule has 152 valence electrons. The molecule has 1 aromatic carbocycles. The zero-order valence-corrected chi connectivity index (χ0v) is 17.7. The SMILES string of the molecule is CC(C)(C)NC(=O)c1cccc(NC(=O)C2(S(C)(=O)=O)CCNCC2)c1.Cl. The van der Waals surface area contributed by atoms with Crippen molar-refractivity contribution in [1.82, 2.24) is 10.6 Å². The van der Waals surface area contributed by atoms with Crippen LogP contribution in [0.4, 0.5) is 5.69 Å². The highest BCUT2D eigenvalue weighted by Crippen LogP contribution is 2.29. The molecule has 7 nitrogen and oxygen atoms in total. The molecular formula is C18H28ClN3O4S. The number of sulfone groups is 1. The molecule has 1 aliphatic rings. The van der Waals surface area contributed by atoms with Crippen molar-refractivity contribution in [3.63, 3.8) is 0 Å². The fourth-order valence-electron chi connectivity index (χ4n) is 2.99. The first-order chi connectivity index (χ1) is 11.9. The van der Waals surface area contributed by atoms with Crippen molar-refractivity contribution < 1.29 is 18.0 Å². The fourth-order valence-corrected chi connectivity index (χ4v) is 4.33. The molecule has 1 heterocycles. The highest BCUT2D eigenvalue weighted by Gasteiger charge is 2.48. The third-order valence-corrected chi connectivity index (χ3v) is 6.42. The highest BCUT2D eigenvalue weighted by molar-refractivity contribution is 7.92. The van der Waals surface area contributed by atoms with Crippen LogP contribution in [0.15, 0.2) is 24.3 Å². The second kappa shape index (κ2) is 8.58. The molecule has 27 heavy (non-hydrogen) atoms. The average molecular weight is 418 g/mol. The lowest BCUT2D eigenvalue weighted by Crippen LogP contribution is -2.55. The van der Waals surface area contributed by atoms with Crippen molar-refractivity contribution in [1.29, 1.82) is 0 Å². The summed E-state index contributed by atoms with van der Waals surface area (Å²) in [5.74, 6) is -0.803. The first kappa shape index (κ1) is 23.4. The summed E-state index contributed by atoms with van der Waals surface area (Å²) in [5, 5.41) is 8.63. The summed E-state index contributed by atoms with van der Waals surface area (Å²) in [7, 11) is -3.59. The lowest BCUT2D eigenvalue weighted by molar-refractivity contribution is -0.119. The first-order valence-electron chi connectivity index (χ1n) is 8.59. The smallest absolute Gasteiger partial charge is 0.251 e. The van der Waals surface area contributed by atoms with Crippen molar-refractivity contribution in [3.05, 3.63) is 29.8 Å². The maximum absolute atomic E-state index is 12.8. The summed E-state index contributed by atoms with van der Waals surface area (Å²) in [5.41, 5.74) is 0.417. The van der Waals surface area contributed by atoms with E-state index in [1.165, 1.54) is 0 Å². The molecule has 0 aromatic heterocycles. The van der Waals surface area contributed by atoms with Crippen molar-refractivity contribution in [2.24, 2.45) is 0 Å². The van der Waals surface area contributed by atoms with Crippen LogP contribution in [0.1, 0.15) is 44.0 Å². The molecule has 0 unspecified atom stereocenters. The van der Waals surface area contributed by atoms with E-state index in [0.717, 1.165) is 6.26 Å². The second-order valence-electron chi connectivity index (χ2n) is 7.76. The molecule has 0 radical (unpaired) electrons. The number of piperidine rings is 1. The van der Waals surface area contributed by atoms with Gasteiger partial charge in [0.1, 0.15) is 0 Å². The Hall–Kier alpha value is -1.64. The summed E-state index contributed by atoms with van der Waals surface area (Å²) in [6, 6.07) is 6.50. The van der Waals surface area contributed by atoms with Gasteiger partial charge in [-0.1, -0.05) is 6.07 Å². The number of carbonyl (C=O) groups is 2. The minimum atomic E-state index is -3.59. The summed E-state index contributed by atoms with van der Waals surface area (Å²) in [4.78, 5) is 25.1. The van der Waals surface area contributed by atoms with Crippen molar-refractivity contribution >= 4 is 39.7 Å². The van der Waals surface area contributed by atoms with Crippen molar-refractivity contribution in [2.45, 2.75) is 43.9 Å². The minimum Gasteiger partial charge on any atom is -0.347 e. The van der Waals surface area contributed by atoms with Gasteiger partial charge in [-0.05, 0) is 64.9 Å². The summed E-state index contributed by atoms with van der Waals surface area (Å²) < 4.78 is 23.2. The number of nitrogens with one attached hydrogen (secondary N) is 3. The van der Waals surface area contributed by atoms with Crippen LogP contribution < -0.4 is 16.0 Å². The van der Waals surface area contributed by atoms with Crippen LogP contribution in [0.2, 0.25) is 0 Å². The standard InChI is InChI=1S/C18H27N3O4S.ClH/c1-17(2,3)21-15(22)13-6-5-7-14(12-13)20-16(23)18(26(4,24)25)8-10-19-11-9-18;/h5-7,12,19H,8-11H2,1-4H3,(H,20,23)(H,21,22);1H. The molecule has 0 aliphatic carbocycles. The van der Waals surface area contributed by atoms with E-state index in [4.69, 9.17) is 0 Å². The Morgan fingerprint density at radius 2 is 1.74 bits per heavy atom. The lowest BCUT2D eigenvalue weighted by Gasteiger charge is -2.34. The van der Waals surface area contributed by atoms with E-state index >= 15 is 0 Å². The molecule has 3 N–H and O–H groups in total. The number of rotatable bonds is 4. The zero-order chi connectivity index (χ0) is 19.6. The van der Waals surface area contributed by atoms with Gasteiger partial charge in [0.25, 0.3) is 5.91 Å². The normalized spacial score (nSPS) is 16.7. The number of hydrogen-bond donors (Lipinski definition) is 3. The molecule has 9 heteroatoms. The van der Waals surface area contributed by atoms with E-state index in [0.29, 0.717) is 24.3 Å². The molecular weight excluding hydrogens is 390 g/mol. The number of amides is 2. The van der Waals surface area contributed by atoms with Gasteiger partial charge in [0.05, 0.1) is 0 Å². The molecule has 2 rings (SSSR count). The van der Waals surface area contributed by atoms with Crippen LogP contribution in [0.3, 0.4) is 0 Å². The van der Waals surface area contributed by atoms with Crippen LogP contribution in [0.25, 0.3) is 0 Å². The highest BCUT2D eigenvalue weighted by atomic mass is 35.5. The molecule has 1 aromatic rings. The molecule has 0 atom stereocenters. The van der Waals surface area contributed by atoms with Gasteiger partial charge in [0.15, 0.2) is 14.6 Å². The molecule has 1 fully saturated rings. The van der Waals surface area contributed by atoms with Gasteiger partial charge in [0, 0.05) is 23.0 Å². The molecule has 0 saturated carbocycles. The Kier molecular flexibility index (Phi) is 7.44. The number of anilines is 1. The van der Waals surface area contributed by atoms with Gasteiger partial charge in [-0.25, -0.2) is 8.42 Å². The Bertz CT molecular complexity index is 797. The van der Waals surface area contributed by atoms with Gasteiger partial charge >= 0.3 is 0 Å². The first-order valence-corrected chi connectivity index (χ1v) is 10.5. The van der Waals surface area contributed by atoms with E-state index in [1.807, 2.05) is 20.8 Å². The van der Waals surface area contributed by atoms with E-state index < -0.39 is 20.5 Å². The second-order valence-corrected chi connectivity index (χ2v) is 10.1. The van der Waals surface area contributed by atoms with E-state index in [1.54, 1.807) is 24.3 Å². The number of benzene rings is 1. The van der Waals surface area contributed by atoms with Gasteiger partial charge < -0.3 is 16.0 Å². The van der Waals surface area contributed by atoms with Crippen LogP contribution in [-0.2, 0) is 14.6 Å². The third-order valence-electron chi connectivity index (χ3n) is 4.41. The van der Waals surface area contributed by atoms with Gasteiger partial charge in [-0.2, -0.15) is 0 Å². The van der Waals surface area contributed by atoms with E-state index in [9.17, 15) is 18.0 Å². The van der Waals surface area contributed by atoms with Crippen LogP contribution in [0, 0.1) is 0 Å². The molecule has 1 aliphatic heterocycles. The van der Waals surface area contributed by atoms with Crippen molar-refractivity contribution in [3.8, 4) is 0 Å². The van der Waals surface area contributed by atoms with Crippen molar-refractivity contribution in [2.75, 3.05) is 24.7 Å². The predicted octanol–water partition coefficient (Wildman–Crippen LogP) is 1.74. The Labute approximate surface area is 167 Å². The van der Waals surface area contributed by atoms with Crippen LogP contribution in [0.5, 0.6) is 0 Å². The van der Waals surface area contributed by atoms with E-state index in [-0.39, 0.29) is 36.7 Å². The number of halogens is 1. The van der Waals surface area contributed by atoms with Gasteiger partial charge in [-0.15, -0.1) is 12.4 Å². The monoisotopic (exact) mass is 417 g/mol. The molecule has 2 amide bonds. The summed E-state index contributed by atoms with van der Waals surface area (Å²) in [6.07, 6.45) is 1.55. The Morgan fingerprint density at radius 1 is 1.15 bits per heavy atom. The third kappa shape index (κ3) is 5.67. The average Bonchev–Trinajstić information content (AvgIpc) is 2.53. The largest absolute Gasteiger partial charge is 0.347 e. The summed E-state index contributed by atoms with van der Waals surface area (Å²) in [6.45, 7) is 6.57. The molecule has 1 saturated heterocycles. The topological polar surface area (TPSA) is 104 Å². The molecule has 0 spiro atoms. The quantitative estimate of drug-likeness (QED) is 0.692. The number of carbonyl (C=O) groups excluding carboxylic acids is 2. The summed E-state index contributed by atoms with van der Waals surface area (Å²) >= 11 is 0. The Balaban J connectivity index is 0.00000364. The van der Waals surface area contributed by atoms with Gasteiger partial charge in [-0.3, -0.25) is 9.59 Å². The molecule has 0 bridgehead atoms. The van der Waals surface area contributed by atoms with Crippen LogP contribution in [-0.4, -0.2) is 49.9 Å². The van der Waals surface area contributed by atoms with Crippen LogP contribution >= 0.6 is 12.4 Å². The fraction of sp³-hybridized carbons (Fsp3) is 0.556.